The number of carbonyl (C=O) groups is 1. The Balaban J connectivity index is 1.38. The van der Waals surface area contributed by atoms with Gasteiger partial charge in [-0.15, -0.1) is 0 Å². The van der Waals surface area contributed by atoms with Crippen LogP contribution >= 0.6 is 0 Å². The number of hydrogen-bond donors (Lipinski definition) is 2. The molecule has 2 N–H and O–H groups in total. The average Bonchev–Trinajstić information content (AvgIpc) is 3.37. The van der Waals surface area contributed by atoms with Crippen LogP contribution in [-0.4, -0.2) is 57.2 Å². The number of aryl methyl sites for hydroxylation is 1. The molecule has 1 saturated heterocycles. The van der Waals surface area contributed by atoms with Crippen molar-refractivity contribution in [3.8, 4) is 11.3 Å². The molecule has 1 aliphatic heterocycles. The molecule has 5 rings (SSSR count). The summed E-state index contributed by atoms with van der Waals surface area (Å²) in [4.78, 5) is 19.6. The Morgan fingerprint density at radius 1 is 1.16 bits per heavy atom. The first-order chi connectivity index (χ1) is 15.1. The molecule has 0 atom stereocenters. The molecule has 158 valence electrons. The van der Waals surface area contributed by atoms with Crippen LogP contribution in [0.25, 0.3) is 22.2 Å². The van der Waals surface area contributed by atoms with Gasteiger partial charge in [0.2, 0.25) is 0 Å². The molecule has 9 heteroatoms. The molecule has 0 unspecified atom stereocenters. The fourth-order valence-corrected chi connectivity index (χ4v) is 3.73. The monoisotopic (exact) mass is 417 g/mol. The van der Waals surface area contributed by atoms with Crippen LogP contribution in [0, 0.1) is 6.92 Å². The van der Waals surface area contributed by atoms with Crippen LogP contribution in [0.3, 0.4) is 0 Å². The molecule has 0 aliphatic carbocycles. The number of carbonyl (C=O) groups excluding carboxylic acids is 1. The molecule has 31 heavy (non-hydrogen) atoms. The van der Waals surface area contributed by atoms with Crippen LogP contribution < -0.4 is 10.2 Å². The van der Waals surface area contributed by atoms with E-state index in [0.717, 1.165) is 59.8 Å². The second-order valence-corrected chi connectivity index (χ2v) is 7.56. The Kier molecular flexibility index (Phi) is 4.87. The first-order valence-electron chi connectivity index (χ1n) is 10.2. The third-order valence-corrected chi connectivity index (χ3v) is 5.70. The Morgan fingerprint density at radius 2 is 1.94 bits per heavy atom. The van der Waals surface area contributed by atoms with Gasteiger partial charge in [0.05, 0.1) is 36.8 Å². The molecule has 1 amide bonds. The predicted molar refractivity (Wildman–Crippen MR) is 118 cm³/mol. The number of nitrogens with one attached hydrogen (secondary N) is 2. The Labute approximate surface area is 179 Å². The number of hydrogen-bond acceptors (Lipinski definition) is 6. The highest BCUT2D eigenvalue weighted by Gasteiger charge is 2.16. The summed E-state index contributed by atoms with van der Waals surface area (Å²) in [7, 11) is 1.89. The molecule has 0 bridgehead atoms. The van der Waals surface area contributed by atoms with Crippen LogP contribution in [0.4, 0.5) is 11.5 Å². The maximum absolute atomic E-state index is 12.8. The van der Waals surface area contributed by atoms with E-state index in [1.807, 2.05) is 44.3 Å². The minimum absolute atomic E-state index is 0.210. The number of ether oxygens (including phenoxy) is 1. The number of fused-ring (bicyclic) bond motifs is 1. The molecule has 0 saturated carbocycles. The van der Waals surface area contributed by atoms with E-state index in [4.69, 9.17) is 4.74 Å². The second kappa shape index (κ2) is 7.84. The molecule has 9 nitrogen and oxygen atoms in total. The van der Waals surface area contributed by atoms with Gasteiger partial charge in [-0.05, 0) is 37.3 Å². The minimum atomic E-state index is -0.210. The molecule has 1 aromatic carbocycles. The lowest BCUT2D eigenvalue weighted by molar-refractivity contribution is 0.102. The summed E-state index contributed by atoms with van der Waals surface area (Å²) in [5.41, 5.74) is 5.16. The van der Waals surface area contributed by atoms with Crippen LogP contribution in [0.1, 0.15) is 16.1 Å². The fraction of sp³-hybridized carbons (Fsp3) is 0.273. The summed E-state index contributed by atoms with van der Waals surface area (Å²) < 4.78 is 7.20. The maximum Gasteiger partial charge on any atom is 0.256 e. The van der Waals surface area contributed by atoms with Crippen molar-refractivity contribution in [2.75, 3.05) is 36.5 Å². The third-order valence-electron chi connectivity index (χ3n) is 5.70. The maximum atomic E-state index is 12.8. The van der Waals surface area contributed by atoms with Crippen LogP contribution in [0.2, 0.25) is 0 Å². The molecule has 0 radical (unpaired) electrons. The highest BCUT2D eigenvalue weighted by Crippen LogP contribution is 2.27. The van der Waals surface area contributed by atoms with Gasteiger partial charge in [0.1, 0.15) is 0 Å². The zero-order valence-electron chi connectivity index (χ0n) is 17.4. The molecular formula is C22H23N7O2. The number of aromatic amines is 1. The summed E-state index contributed by atoms with van der Waals surface area (Å²) >= 11 is 0. The number of pyridine rings is 1. The van der Waals surface area contributed by atoms with Gasteiger partial charge in [0.15, 0.2) is 5.82 Å². The number of benzene rings is 1. The van der Waals surface area contributed by atoms with Crippen LogP contribution in [0.5, 0.6) is 0 Å². The van der Waals surface area contributed by atoms with Crippen molar-refractivity contribution < 1.29 is 9.53 Å². The van der Waals surface area contributed by atoms with Gasteiger partial charge in [-0.3, -0.25) is 19.6 Å². The number of nitrogens with zero attached hydrogens (tertiary/aromatic N) is 5. The summed E-state index contributed by atoms with van der Waals surface area (Å²) in [6, 6.07) is 9.52. The van der Waals surface area contributed by atoms with E-state index in [-0.39, 0.29) is 5.91 Å². The topological polar surface area (TPSA) is 101 Å². The number of morpholine rings is 1. The molecule has 1 aliphatic rings. The molecule has 4 aromatic rings. The van der Waals surface area contributed by atoms with Crippen LogP contribution in [0.15, 0.2) is 42.7 Å². The SMILES string of the molecule is Cc1c(-c2cc3c(NC(=O)c4ccc(N5CCOCC5)cc4)n[nH]c3cn2)cnn1C. The van der Waals surface area contributed by atoms with E-state index >= 15 is 0 Å². The smallest absolute Gasteiger partial charge is 0.256 e. The number of aromatic nitrogens is 5. The fourth-order valence-electron chi connectivity index (χ4n) is 3.73. The zero-order chi connectivity index (χ0) is 21.4. The lowest BCUT2D eigenvalue weighted by atomic mass is 10.1. The molecular weight excluding hydrogens is 394 g/mol. The van der Waals surface area contributed by atoms with Crippen molar-refractivity contribution in [1.82, 2.24) is 25.0 Å². The van der Waals surface area contributed by atoms with Crippen molar-refractivity contribution in [2.45, 2.75) is 6.92 Å². The van der Waals surface area contributed by atoms with Crippen molar-refractivity contribution >= 4 is 28.3 Å². The Morgan fingerprint density at radius 3 is 2.65 bits per heavy atom. The summed E-state index contributed by atoms with van der Waals surface area (Å²) in [6.07, 6.45) is 3.51. The molecule has 4 heterocycles. The second-order valence-electron chi connectivity index (χ2n) is 7.56. The lowest BCUT2D eigenvalue weighted by Gasteiger charge is -2.28. The largest absolute Gasteiger partial charge is 0.378 e. The van der Waals surface area contributed by atoms with E-state index in [9.17, 15) is 4.79 Å². The van der Waals surface area contributed by atoms with Gasteiger partial charge < -0.3 is 15.0 Å². The highest BCUT2D eigenvalue weighted by molar-refractivity contribution is 6.08. The standard InChI is InChI=1S/C22H23N7O2/c1-14-18(12-24-28(14)2)19-11-17-20(13-23-19)26-27-21(17)25-22(30)15-3-5-16(6-4-15)29-7-9-31-10-8-29/h3-6,11-13H,7-10H2,1-2H3,(H2,25,26,27,30). The first-order valence-corrected chi connectivity index (χ1v) is 10.2. The van der Waals surface area contributed by atoms with Crippen molar-refractivity contribution in [2.24, 2.45) is 7.05 Å². The molecule has 3 aromatic heterocycles. The van der Waals surface area contributed by atoms with Gasteiger partial charge in [-0.2, -0.15) is 10.2 Å². The first kappa shape index (κ1) is 19.3. The Hall–Kier alpha value is -3.72. The Bertz CT molecular complexity index is 1240. The zero-order valence-corrected chi connectivity index (χ0v) is 17.4. The summed E-state index contributed by atoms with van der Waals surface area (Å²) in [5, 5.41) is 15.2. The highest BCUT2D eigenvalue weighted by atomic mass is 16.5. The van der Waals surface area contributed by atoms with E-state index in [0.29, 0.717) is 11.4 Å². The molecule has 1 fully saturated rings. The average molecular weight is 417 g/mol. The van der Waals surface area contributed by atoms with Crippen molar-refractivity contribution in [3.05, 3.63) is 54.0 Å². The van der Waals surface area contributed by atoms with E-state index in [1.165, 1.54) is 0 Å². The number of amides is 1. The predicted octanol–water partition coefficient (Wildman–Crippen LogP) is 2.76. The van der Waals surface area contributed by atoms with E-state index < -0.39 is 0 Å². The van der Waals surface area contributed by atoms with Gasteiger partial charge in [-0.25, -0.2) is 0 Å². The van der Waals surface area contributed by atoms with E-state index in [2.05, 4.69) is 30.5 Å². The normalized spacial score (nSPS) is 14.2. The molecule has 0 spiro atoms. The van der Waals surface area contributed by atoms with Gasteiger partial charge in [0, 0.05) is 48.0 Å². The van der Waals surface area contributed by atoms with Gasteiger partial charge in [0.25, 0.3) is 5.91 Å². The number of rotatable bonds is 4. The minimum Gasteiger partial charge on any atom is -0.378 e. The van der Waals surface area contributed by atoms with Crippen molar-refractivity contribution in [1.29, 1.82) is 0 Å². The van der Waals surface area contributed by atoms with Gasteiger partial charge >= 0.3 is 0 Å². The number of anilines is 2. The third kappa shape index (κ3) is 3.64. The number of H-pyrrole nitrogens is 1. The van der Waals surface area contributed by atoms with Gasteiger partial charge in [-0.1, -0.05) is 0 Å². The lowest BCUT2D eigenvalue weighted by Crippen LogP contribution is -2.36. The van der Waals surface area contributed by atoms with Crippen LogP contribution in [-0.2, 0) is 11.8 Å². The summed E-state index contributed by atoms with van der Waals surface area (Å²) in [5.74, 6) is 0.264. The van der Waals surface area contributed by atoms with E-state index in [1.54, 1.807) is 17.1 Å². The summed E-state index contributed by atoms with van der Waals surface area (Å²) in [6.45, 7) is 5.16. The quantitative estimate of drug-likeness (QED) is 0.530. The van der Waals surface area contributed by atoms with Crippen molar-refractivity contribution in [3.63, 3.8) is 0 Å².